The van der Waals surface area contributed by atoms with Crippen molar-refractivity contribution < 1.29 is 4.52 Å². The van der Waals surface area contributed by atoms with E-state index < -0.39 is 0 Å². The van der Waals surface area contributed by atoms with Gasteiger partial charge in [0.2, 0.25) is 0 Å². The molecule has 0 bridgehead atoms. The van der Waals surface area contributed by atoms with Gasteiger partial charge in [-0.3, -0.25) is 9.89 Å². The van der Waals surface area contributed by atoms with Crippen molar-refractivity contribution in [2.75, 3.05) is 33.2 Å². The van der Waals surface area contributed by atoms with Crippen molar-refractivity contribution in [3.63, 3.8) is 0 Å². The first-order valence-electron chi connectivity index (χ1n) is 9.75. The number of aromatic nitrogens is 1. The molecule has 0 aliphatic heterocycles. The Kier molecular flexibility index (Phi) is 8.33. The van der Waals surface area contributed by atoms with Crippen LogP contribution >= 0.6 is 0 Å². The molecule has 2 rings (SSSR count). The Bertz CT molecular complexity index is 687. The van der Waals surface area contributed by atoms with Gasteiger partial charge in [0.1, 0.15) is 5.76 Å². The van der Waals surface area contributed by atoms with Gasteiger partial charge < -0.3 is 15.2 Å². The molecule has 1 aromatic carbocycles. The van der Waals surface area contributed by atoms with Crippen molar-refractivity contribution in [3.05, 3.63) is 52.9 Å². The second kappa shape index (κ2) is 10.7. The number of aliphatic imine (C=N–C) groups is 1. The first-order valence-corrected chi connectivity index (χ1v) is 9.75. The van der Waals surface area contributed by atoms with Crippen LogP contribution in [0, 0.1) is 13.8 Å². The summed E-state index contributed by atoms with van der Waals surface area (Å²) in [6.07, 6.45) is 0.861. The van der Waals surface area contributed by atoms with Crippen molar-refractivity contribution in [1.82, 2.24) is 20.7 Å². The molecule has 1 heterocycles. The molecule has 0 fully saturated rings. The van der Waals surface area contributed by atoms with Gasteiger partial charge in [-0.1, -0.05) is 49.3 Å². The molecule has 0 radical (unpaired) electrons. The first-order chi connectivity index (χ1) is 13.1. The normalized spacial score (nSPS) is 13.0. The molecule has 0 saturated heterocycles. The zero-order valence-corrected chi connectivity index (χ0v) is 17.2. The number of nitrogens with one attached hydrogen (secondary N) is 2. The Labute approximate surface area is 163 Å². The molecule has 2 aromatic rings. The second-order valence-electron chi connectivity index (χ2n) is 6.58. The molecule has 0 amide bonds. The van der Waals surface area contributed by atoms with E-state index in [0.717, 1.165) is 50.0 Å². The molecule has 1 aromatic heterocycles. The summed E-state index contributed by atoms with van der Waals surface area (Å²) in [6, 6.07) is 11.0. The number of guanidine groups is 1. The molecule has 0 saturated carbocycles. The van der Waals surface area contributed by atoms with E-state index in [2.05, 4.69) is 69.9 Å². The lowest BCUT2D eigenvalue weighted by Gasteiger charge is -2.30. The number of nitrogens with zero attached hydrogens (tertiary/aromatic N) is 3. The zero-order valence-electron chi connectivity index (χ0n) is 17.2. The molecule has 6 nitrogen and oxygen atoms in total. The molecule has 148 valence electrons. The van der Waals surface area contributed by atoms with Crippen LogP contribution in [-0.4, -0.2) is 49.2 Å². The maximum Gasteiger partial charge on any atom is 0.191 e. The molecule has 2 N–H and O–H groups in total. The predicted molar refractivity (Wildman–Crippen MR) is 111 cm³/mol. The molecule has 0 aliphatic rings. The van der Waals surface area contributed by atoms with Gasteiger partial charge in [-0.15, -0.1) is 0 Å². The predicted octanol–water partition coefficient (Wildman–Crippen LogP) is 3.08. The van der Waals surface area contributed by atoms with Crippen molar-refractivity contribution >= 4 is 5.96 Å². The molecule has 0 aliphatic carbocycles. The first kappa shape index (κ1) is 21.0. The summed E-state index contributed by atoms with van der Waals surface area (Å²) in [4.78, 5) is 6.82. The van der Waals surface area contributed by atoms with E-state index in [-0.39, 0.29) is 0 Å². The number of hydrogen-bond donors (Lipinski definition) is 2. The fourth-order valence-corrected chi connectivity index (χ4v) is 3.38. The van der Waals surface area contributed by atoms with E-state index >= 15 is 0 Å². The SMILES string of the molecule is CCN(CC)C(CNC(=NC)NCCc1c(C)noc1C)c1ccccc1. The lowest BCUT2D eigenvalue weighted by atomic mass is 10.1. The zero-order chi connectivity index (χ0) is 19.6. The summed E-state index contributed by atoms with van der Waals surface area (Å²) in [6.45, 7) is 11.9. The lowest BCUT2D eigenvalue weighted by Crippen LogP contribution is -2.43. The van der Waals surface area contributed by atoms with Crippen LogP contribution in [-0.2, 0) is 6.42 Å². The maximum absolute atomic E-state index is 5.23. The minimum atomic E-state index is 0.308. The van der Waals surface area contributed by atoms with Crippen LogP contribution in [0.3, 0.4) is 0 Å². The van der Waals surface area contributed by atoms with Crippen LogP contribution in [0.25, 0.3) is 0 Å². The molecule has 1 unspecified atom stereocenters. The fraction of sp³-hybridized carbons (Fsp3) is 0.524. The monoisotopic (exact) mass is 371 g/mol. The van der Waals surface area contributed by atoms with E-state index in [1.165, 1.54) is 11.1 Å². The van der Waals surface area contributed by atoms with Gasteiger partial charge in [0.25, 0.3) is 0 Å². The molecule has 1 atom stereocenters. The van der Waals surface area contributed by atoms with Gasteiger partial charge in [0.05, 0.1) is 11.7 Å². The third kappa shape index (κ3) is 5.82. The van der Waals surface area contributed by atoms with Gasteiger partial charge in [0.15, 0.2) is 5.96 Å². The van der Waals surface area contributed by atoms with Crippen LogP contribution < -0.4 is 10.6 Å². The van der Waals surface area contributed by atoms with Gasteiger partial charge in [-0.05, 0) is 38.9 Å². The van der Waals surface area contributed by atoms with Crippen LogP contribution in [0.2, 0.25) is 0 Å². The van der Waals surface area contributed by atoms with Gasteiger partial charge in [0, 0.05) is 25.7 Å². The minimum absolute atomic E-state index is 0.308. The summed E-state index contributed by atoms with van der Waals surface area (Å²) in [5.41, 5.74) is 3.45. The van der Waals surface area contributed by atoms with Crippen molar-refractivity contribution in [2.45, 2.75) is 40.2 Å². The van der Waals surface area contributed by atoms with E-state index in [0.29, 0.717) is 6.04 Å². The van der Waals surface area contributed by atoms with Crippen LogP contribution in [0.5, 0.6) is 0 Å². The Morgan fingerprint density at radius 2 is 1.85 bits per heavy atom. The van der Waals surface area contributed by atoms with E-state index in [1.807, 2.05) is 13.8 Å². The van der Waals surface area contributed by atoms with Gasteiger partial charge in [-0.25, -0.2) is 0 Å². The highest BCUT2D eigenvalue weighted by Gasteiger charge is 2.18. The molecule has 0 spiro atoms. The maximum atomic E-state index is 5.23. The van der Waals surface area contributed by atoms with Crippen LogP contribution in [0.1, 0.15) is 42.5 Å². The summed E-state index contributed by atoms with van der Waals surface area (Å²) < 4.78 is 5.23. The Hall–Kier alpha value is -2.34. The van der Waals surface area contributed by atoms with Crippen molar-refractivity contribution in [2.24, 2.45) is 4.99 Å². The van der Waals surface area contributed by atoms with E-state index in [4.69, 9.17) is 4.52 Å². The van der Waals surface area contributed by atoms with Crippen LogP contribution in [0.4, 0.5) is 0 Å². The number of benzene rings is 1. The summed E-state index contributed by atoms with van der Waals surface area (Å²) in [7, 11) is 1.81. The molecule has 27 heavy (non-hydrogen) atoms. The standard InChI is InChI=1S/C21H33N5O/c1-6-26(7-2)20(18-11-9-8-10-12-18)15-24-21(22-5)23-14-13-19-16(3)25-27-17(19)4/h8-12,20H,6-7,13-15H2,1-5H3,(H2,22,23,24). The largest absolute Gasteiger partial charge is 0.361 e. The third-order valence-electron chi connectivity index (χ3n) is 4.97. The van der Waals surface area contributed by atoms with Crippen molar-refractivity contribution in [1.29, 1.82) is 0 Å². The topological polar surface area (TPSA) is 65.7 Å². The fourth-order valence-electron chi connectivity index (χ4n) is 3.38. The third-order valence-corrected chi connectivity index (χ3v) is 4.97. The summed E-state index contributed by atoms with van der Waals surface area (Å²) in [5.74, 6) is 1.71. The number of aryl methyl sites for hydroxylation is 2. The highest BCUT2D eigenvalue weighted by molar-refractivity contribution is 5.79. The summed E-state index contributed by atoms with van der Waals surface area (Å²) in [5, 5.41) is 10.9. The average molecular weight is 372 g/mol. The Morgan fingerprint density at radius 3 is 2.41 bits per heavy atom. The molecular formula is C21H33N5O. The highest BCUT2D eigenvalue weighted by Crippen LogP contribution is 2.19. The second-order valence-corrected chi connectivity index (χ2v) is 6.58. The average Bonchev–Trinajstić information content (AvgIpc) is 3.02. The molecular weight excluding hydrogens is 338 g/mol. The van der Waals surface area contributed by atoms with Crippen LogP contribution in [0.15, 0.2) is 39.8 Å². The Balaban J connectivity index is 1.93. The minimum Gasteiger partial charge on any atom is -0.361 e. The van der Waals surface area contributed by atoms with Gasteiger partial charge in [-0.2, -0.15) is 0 Å². The lowest BCUT2D eigenvalue weighted by molar-refractivity contribution is 0.219. The van der Waals surface area contributed by atoms with E-state index in [9.17, 15) is 0 Å². The quantitative estimate of drug-likeness (QED) is 0.524. The number of rotatable bonds is 9. The number of likely N-dealkylation sites (N-methyl/N-ethyl adjacent to an activating group) is 1. The van der Waals surface area contributed by atoms with Crippen molar-refractivity contribution in [3.8, 4) is 0 Å². The highest BCUT2D eigenvalue weighted by atomic mass is 16.5. The van der Waals surface area contributed by atoms with Gasteiger partial charge >= 0.3 is 0 Å². The Morgan fingerprint density at radius 1 is 1.15 bits per heavy atom. The van der Waals surface area contributed by atoms with E-state index in [1.54, 1.807) is 7.05 Å². The molecule has 6 heteroatoms. The number of hydrogen-bond acceptors (Lipinski definition) is 4. The smallest absolute Gasteiger partial charge is 0.191 e. The summed E-state index contributed by atoms with van der Waals surface area (Å²) >= 11 is 0.